The molecule has 0 saturated carbocycles. The van der Waals surface area contributed by atoms with Crippen LogP contribution < -0.4 is 4.90 Å². The van der Waals surface area contributed by atoms with Crippen LogP contribution in [0.4, 0.5) is 18.9 Å². The van der Waals surface area contributed by atoms with Crippen molar-refractivity contribution in [1.29, 1.82) is 5.26 Å². The van der Waals surface area contributed by atoms with E-state index in [0.717, 1.165) is 58.1 Å². The predicted octanol–water partition coefficient (Wildman–Crippen LogP) is 3.27. The van der Waals surface area contributed by atoms with Crippen LogP contribution >= 0.6 is 0 Å². The summed E-state index contributed by atoms with van der Waals surface area (Å²) in [5.41, 5.74) is -0.853. The zero-order valence-electron chi connectivity index (χ0n) is 17.0. The molecule has 0 bridgehead atoms. The molecular formula is C22H28F3N3O2. The summed E-state index contributed by atoms with van der Waals surface area (Å²) in [7, 11) is 0. The van der Waals surface area contributed by atoms with Gasteiger partial charge in [0.2, 0.25) is 0 Å². The van der Waals surface area contributed by atoms with Gasteiger partial charge in [-0.05, 0) is 62.4 Å². The lowest BCUT2D eigenvalue weighted by Crippen LogP contribution is -2.49. The van der Waals surface area contributed by atoms with Gasteiger partial charge in [0.1, 0.15) is 0 Å². The van der Waals surface area contributed by atoms with E-state index < -0.39 is 11.7 Å². The first kappa shape index (κ1) is 21.4. The predicted molar refractivity (Wildman–Crippen MR) is 106 cm³/mol. The zero-order chi connectivity index (χ0) is 21.4. The van der Waals surface area contributed by atoms with E-state index in [1.165, 1.54) is 6.07 Å². The summed E-state index contributed by atoms with van der Waals surface area (Å²) in [6, 6.07) is 6.13. The third kappa shape index (κ3) is 4.03. The number of ether oxygens (including phenoxy) is 1. The summed E-state index contributed by atoms with van der Waals surface area (Å²) in [6.45, 7) is 4.74. The van der Waals surface area contributed by atoms with E-state index in [9.17, 15) is 18.3 Å². The van der Waals surface area contributed by atoms with Gasteiger partial charge in [-0.3, -0.25) is 0 Å². The number of nitriles is 1. The number of aliphatic hydroxyl groups excluding tert-OH is 1. The summed E-state index contributed by atoms with van der Waals surface area (Å²) in [6.07, 6.45) is -0.588. The highest BCUT2D eigenvalue weighted by atomic mass is 19.4. The standard InChI is InChI=1S/C22H28F3N3O2/c23-22(24,25)20-11-19(2-1-16(20)12-26)28-13-17(14-29)21(15-28)5-7-27(8-6-21)18-3-9-30-10-4-18/h1-2,11,17-18,29H,3-10,13-15H2. The summed E-state index contributed by atoms with van der Waals surface area (Å²) in [4.78, 5) is 4.48. The maximum Gasteiger partial charge on any atom is 0.417 e. The molecule has 3 aliphatic heterocycles. The number of hydrogen-bond donors (Lipinski definition) is 1. The Bertz CT molecular complexity index is 794. The summed E-state index contributed by atoms with van der Waals surface area (Å²) in [5.74, 6) is 0.0410. The van der Waals surface area contributed by atoms with Crippen LogP contribution in [0.2, 0.25) is 0 Å². The minimum atomic E-state index is -4.57. The van der Waals surface area contributed by atoms with Crippen molar-refractivity contribution in [1.82, 2.24) is 4.90 Å². The molecule has 1 N–H and O–H groups in total. The van der Waals surface area contributed by atoms with Crippen molar-refractivity contribution in [3.05, 3.63) is 29.3 Å². The lowest BCUT2D eigenvalue weighted by Gasteiger charge is -2.45. The number of anilines is 1. The van der Waals surface area contributed by atoms with Gasteiger partial charge in [0.25, 0.3) is 0 Å². The number of hydrogen-bond acceptors (Lipinski definition) is 5. The van der Waals surface area contributed by atoms with Crippen molar-refractivity contribution >= 4 is 5.69 Å². The third-order valence-corrected chi connectivity index (χ3v) is 7.33. The molecule has 1 atom stereocenters. The minimum absolute atomic E-state index is 0.0379. The highest BCUT2D eigenvalue weighted by molar-refractivity contribution is 5.56. The Morgan fingerprint density at radius 2 is 1.90 bits per heavy atom. The number of alkyl halides is 3. The van der Waals surface area contributed by atoms with E-state index in [-0.39, 0.29) is 23.5 Å². The largest absolute Gasteiger partial charge is 0.417 e. The molecule has 0 aliphatic carbocycles. The average molecular weight is 423 g/mol. The van der Waals surface area contributed by atoms with E-state index in [0.29, 0.717) is 24.8 Å². The SMILES string of the molecule is N#Cc1ccc(N2CC(CO)C3(CCN(C4CCOCC4)CC3)C2)cc1C(F)(F)F. The molecule has 0 amide bonds. The molecule has 1 aromatic carbocycles. The Morgan fingerprint density at radius 3 is 2.50 bits per heavy atom. The molecule has 3 aliphatic rings. The maximum atomic E-state index is 13.4. The Morgan fingerprint density at radius 1 is 1.20 bits per heavy atom. The van der Waals surface area contributed by atoms with Gasteiger partial charge in [-0.2, -0.15) is 18.4 Å². The molecule has 3 fully saturated rings. The van der Waals surface area contributed by atoms with Gasteiger partial charge in [0.15, 0.2) is 0 Å². The highest BCUT2D eigenvalue weighted by Gasteiger charge is 2.48. The second-order valence-electron chi connectivity index (χ2n) is 8.84. The van der Waals surface area contributed by atoms with Gasteiger partial charge in [0.05, 0.1) is 17.2 Å². The van der Waals surface area contributed by atoms with Gasteiger partial charge < -0.3 is 19.6 Å². The van der Waals surface area contributed by atoms with E-state index in [1.54, 1.807) is 12.1 Å². The quantitative estimate of drug-likeness (QED) is 0.809. The lowest BCUT2D eigenvalue weighted by molar-refractivity contribution is -0.137. The topological polar surface area (TPSA) is 59.7 Å². The summed E-state index contributed by atoms with van der Waals surface area (Å²) >= 11 is 0. The normalized spacial score (nSPS) is 25.6. The van der Waals surface area contributed by atoms with E-state index >= 15 is 0 Å². The third-order valence-electron chi connectivity index (χ3n) is 7.33. The van der Waals surface area contributed by atoms with Crippen molar-refractivity contribution in [2.75, 3.05) is 50.9 Å². The van der Waals surface area contributed by atoms with Gasteiger partial charge in [-0.1, -0.05) is 0 Å². The molecule has 3 saturated heterocycles. The molecular weight excluding hydrogens is 395 g/mol. The molecule has 1 unspecified atom stereocenters. The Balaban J connectivity index is 1.50. The number of piperidine rings is 1. The zero-order valence-corrected chi connectivity index (χ0v) is 17.0. The fourth-order valence-corrected chi connectivity index (χ4v) is 5.49. The molecule has 8 heteroatoms. The highest BCUT2D eigenvalue weighted by Crippen LogP contribution is 2.47. The molecule has 5 nitrogen and oxygen atoms in total. The molecule has 0 aromatic heterocycles. The molecule has 3 heterocycles. The second-order valence-corrected chi connectivity index (χ2v) is 8.84. The molecule has 164 valence electrons. The smallest absolute Gasteiger partial charge is 0.396 e. The van der Waals surface area contributed by atoms with E-state index in [4.69, 9.17) is 10.00 Å². The van der Waals surface area contributed by atoms with Crippen LogP contribution in [-0.2, 0) is 10.9 Å². The van der Waals surface area contributed by atoms with Gasteiger partial charge in [0, 0.05) is 50.6 Å². The fraction of sp³-hybridized carbons (Fsp3) is 0.682. The fourth-order valence-electron chi connectivity index (χ4n) is 5.49. The van der Waals surface area contributed by atoms with Gasteiger partial charge >= 0.3 is 6.18 Å². The number of aliphatic hydroxyl groups is 1. The number of halogens is 3. The second kappa shape index (κ2) is 8.37. The van der Waals surface area contributed by atoms with Gasteiger partial charge in [-0.15, -0.1) is 0 Å². The van der Waals surface area contributed by atoms with Crippen molar-refractivity contribution < 1.29 is 23.0 Å². The Kier molecular flexibility index (Phi) is 5.97. The average Bonchev–Trinajstić information content (AvgIpc) is 3.11. The van der Waals surface area contributed by atoms with Gasteiger partial charge in [-0.25, -0.2) is 0 Å². The first-order valence-electron chi connectivity index (χ1n) is 10.7. The first-order valence-corrected chi connectivity index (χ1v) is 10.7. The van der Waals surface area contributed by atoms with Crippen molar-refractivity contribution in [3.8, 4) is 6.07 Å². The van der Waals surface area contributed by atoms with Crippen LogP contribution in [0.3, 0.4) is 0 Å². The summed E-state index contributed by atoms with van der Waals surface area (Å²) < 4.78 is 45.6. The minimum Gasteiger partial charge on any atom is -0.396 e. The van der Waals surface area contributed by atoms with Crippen LogP contribution in [-0.4, -0.2) is 62.0 Å². The Hall–Kier alpha value is -1.82. The van der Waals surface area contributed by atoms with Crippen LogP contribution in [0, 0.1) is 22.7 Å². The number of rotatable bonds is 3. The molecule has 1 spiro atoms. The number of nitrogens with zero attached hydrogens (tertiary/aromatic N) is 3. The summed E-state index contributed by atoms with van der Waals surface area (Å²) in [5, 5.41) is 19.1. The number of benzene rings is 1. The first-order chi connectivity index (χ1) is 14.4. The molecule has 30 heavy (non-hydrogen) atoms. The molecule has 0 radical (unpaired) electrons. The van der Waals surface area contributed by atoms with Crippen LogP contribution in [0.5, 0.6) is 0 Å². The maximum absolute atomic E-state index is 13.4. The Labute approximate surface area is 175 Å². The van der Waals surface area contributed by atoms with Crippen LogP contribution in [0.1, 0.15) is 36.8 Å². The van der Waals surface area contributed by atoms with Crippen molar-refractivity contribution in [3.63, 3.8) is 0 Å². The lowest BCUT2D eigenvalue weighted by atomic mass is 9.71. The monoisotopic (exact) mass is 423 g/mol. The van der Waals surface area contributed by atoms with Crippen LogP contribution in [0.25, 0.3) is 0 Å². The van der Waals surface area contributed by atoms with E-state index in [1.807, 2.05) is 4.90 Å². The van der Waals surface area contributed by atoms with Crippen LogP contribution in [0.15, 0.2) is 18.2 Å². The van der Waals surface area contributed by atoms with Crippen molar-refractivity contribution in [2.24, 2.45) is 11.3 Å². The molecule has 4 rings (SSSR count). The molecule has 1 aromatic rings. The van der Waals surface area contributed by atoms with Crippen molar-refractivity contribution in [2.45, 2.75) is 37.9 Å². The number of likely N-dealkylation sites (tertiary alicyclic amines) is 1. The van der Waals surface area contributed by atoms with E-state index in [2.05, 4.69) is 4.90 Å².